The van der Waals surface area contributed by atoms with E-state index in [9.17, 15) is 0 Å². The van der Waals surface area contributed by atoms with Gasteiger partial charge in [0.25, 0.3) is 0 Å². The quantitative estimate of drug-likeness (QED) is 0.325. The third kappa shape index (κ3) is 3.22. The maximum absolute atomic E-state index is 6.76. The molecule has 0 aliphatic heterocycles. The largest absolute Gasteiger partial charge is 0.241 e. The molecule has 0 saturated heterocycles. The minimum atomic E-state index is 0.183. The maximum Gasteiger partial charge on any atom is 0.172 e. The van der Waals surface area contributed by atoms with Crippen LogP contribution >= 0.6 is 24.8 Å². The van der Waals surface area contributed by atoms with Crippen LogP contribution in [0, 0.1) is 5.41 Å². The number of thiol groups is 1. The summed E-state index contributed by atoms with van der Waals surface area (Å²) in [6.45, 7) is 0. The molecule has 0 heterocycles. The molecule has 0 aromatic heterocycles. The SMILES string of the molecule is N=C=NC(=NC(=S)S)c1ccccc1. The predicted octanol–water partition coefficient (Wildman–Crippen LogP) is 2.40. The molecule has 3 nitrogen and oxygen atoms in total. The van der Waals surface area contributed by atoms with Gasteiger partial charge in [0.05, 0.1) is 6.01 Å². The van der Waals surface area contributed by atoms with Gasteiger partial charge in [-0.15, -0.1) is 12.6 Å². The van der Waals surface area contributed by atoms with Gasteiger partial charge in [0.1, 0.15) is 0 Å². The van der Waals surface area contributed by atoms with Crippen molar-refractivity contribution in [1.82, 2.24) is 0 Å². The van der Waals surface area contributed by atoms with Crippen molar-refractivity contribution in [2.45, 2.75) is 0 Å². The summed E-state index contributed by atoms with van der Waals surface area (Å²) in [7, 11) is 0. The van der Waals surface area contributed by atoms with E-state index in [-0.39, 0.29) is 4.32 Å². The molecule has 0 atom stereocenters. The Morgan fingerprint density at radius 2 is 2.00 bits per heavy atom. The first kappa shape index (κ1) is 10.8. The van der Waals surface area contributed by atoms with Crippen LogP contribution in [-0.4, -0.2) is 16.2 Å². The lowest BCUT2D eigenvalue weighted by Gasteiger charge is -1.97. The number of aliphatic imine (C=N–C) groups is 2. The molecule has 1 rings (SSSR count). The highest BCUT2D eigenvalue weighted by Crippen LogP contribution is 2.03. The van der Waals surface area contributed by atoms with Crippen LogP contribution < -0.4 is 0 Å². The topological polar surface area (TPSA) is 48.6 Å². The summed E-state index contributed by atoms with van der Waals surface area (Å²) in [5.41, 5.74) is 0.781. The number of amidine groups is 1. The molecule has 1 N–H and O–H groups in total. The summed E-state index contributed by atoms with van der Waals surface area (Å²) in [5, 5.41) is 6.76. The lowest BCUT2D eigenvalue weighted by atomic mass is 10.2. The summed E-state index contributed by atoms with van der Waals surface area (Å²) < 4.78 is 0.183. The highest BCUT2D eigenvalue weighted by atomic mass is 32.1. The molecule has 0 bridgehead atoms. The number of nitrogens with one attached hydrogen (secondary N) is 1. The summed E-state index contributed by atoms with van der Waals surface area (Å²) >= 11 is 8.59. The van der Waals surface area contributed by atoms with Crippen molar-refractivity contribution in [1.29, 1.82) is 5.41 Å². The molecule has 5 heteroatoms. The molecular weight excluding hydrogens is 214 g/mol. The predicted molar refractivity (Wildman–Crippen MR) is 64.7 cm³/mol. The molecule has 0 amide bonds. The maximum atomic E-state index is 6.76. The van der Waals surface area contributed by atoms with Crippen LogP contribution in [0.4, 0.5) is 0 Å². The lowest BCUT2D eigenvalue weighted by Crippen LogP contribution is -1.98. The average molecular weight is 221 g/mol. The Morgan fingerprint density at radius 1 is 1.36 bits per heavy atom. The Bertz CT molecular complexity index is 405. The van der Waals surface area contributed by atoms with Gasteiger partial charge in [-0.3, -0.25) is 0 Å². The molecule has 70 valence electrons. The number of rotatable bonds is 1. The summed E-state index contributed by atoms with van der Waals surface area (Å²) in [6, 6.07) is 11.2. The molecule has 0 aliphatic rings. The van der Waals surface area contributed by atoms with E-state index in [2.05, 4.69) is 22.6 Å². The van der Waals surface area contributed by atoms with Crippen LogP contribution in [0.3, 0.4) is 0 Å². The second-order valence-corrected chi connectivity index (χ2v) is 3.42. The van der Waals surface area contributed by atoms with E-state index in [0.717, 1.165) is 5.56 Å². The molecule has 0 spiro atoms. The Kier molecular flexibility index (Phi) is 4.19. The van der Waals surface area contributed by atoms with Crippen LogP contribution in [0.1, 0.15) is 5.56 Å². The highest BCUT2D eigenvalue weighted by molar-refractivity contribution is 8.11. The van der Waals surface area contributed by atoms with Crippen LogP contribution in [-0.2, 0) is 0 Å². The van der Waals surface area contributed by atoms with E-state index in [1.807, 2.05) is 36.3 Å². The number of nitrogens with zero attached hydrogens (tertiary/aromatic N) is 2. The fourth-order valence-electron chi connectivity index (χ4n) is 0.885. The standard InChI is InChI=1S/C9H7N3S2/c10-6-11-8(12-9(13)14)7-4-2-1-3-5-7/h1-5,10H,(H,13,14). The van der Waals surface area contributed by atoms with Gasteiger partial charge in [-0.2, -0.15) is 4.99 Å². The number of benzene rings is 1. The molecule has 14 heavy (non-hydrogen) atoms. The van der Waals surface area contributed by atoms with Crippen LogP contribution in [0.15, 0.2) is 40.3 Å². The zero-order valence-corrected chi connectivity index (χ0v) is 8.85. The molecule has 1 aromatic carbocycles. The third-order valence-corrected chi connectivity index (χ3v) is 1.59. The summed E-state index contributed by atoms with van der Waals surface area (Å²) in [5.74, 6) is 0.348. The number of hydrogen-bond acceptors (Lipinski definition) is 2. The molecule has 0 radical (unpaired) electrons. The molecule has 0 fully saturated rings. The van der Waals surface area contributed by atoms with Crippen molar-refractivity contribution < 1.29 is 0 Å². The monoisotopic (exact) mass is 221 g/mol. The van der Waals surface area contributed by atoms with Crippen molar-refractivity contribution in [2.24, 2.45) is 9.98 Å². The smallest absolute Gasteiger partial charge is 0.172 e. The second-order valence-electron chi connectivity index (χ2n) is 2.31. The Labute approximate surface area is 92.5 Å². The minimum absolute atomic E-state index is 0.183. The van der Waals surface area contributed by atoms with E-state index >= 15 is 0 Å². The summed E-state index contributed by atoms with van der Waals surface area (Å²) in [4.78, 5) is 7.56. The first-order valence-electron chi connectivity index (χ1n) is 3.73. The summed E-state index contributed by atoms with van der Waals surface area (Å²) in [6.07, 6.45) is 0. The molecular formula is C9H7N3S2. The van der Waals surface area contributed by atoms with Crippen molar-refractivity contribution in [3.63, 3.8) is 0 Å². The third-order valence-electron chi connectivity index (χ3n) is 1.40. The normalized spacial score (nSPS) is 10.5. The van der Waals surface area contributed by atoms with Gasteiger partial charge < -0.3 is 0 Å². The number of hydrogen-bond donors (Lipinski definition) is 2. The van der Waals surface area contributed by atoms with Crippen molar-refractivity contribution >= 4 is 41.0 Å². The fraction of sp³-hybridized carbons (Fsp3) is 0. The van der Waals surface area contributed by atoms with Gasteiger partial charge in [-0.1, -0.05) is 42.5 Å². The van der Waals surface area contributed by atoms with Gasteiger partial charge in [0, 0.05) is 5.56 Å². The van der Waals surface area contributed by atoms with Crippen LogP contribution in [0.5, 0.6) is 0 Å². The first-order valence-corrected chi connectivity index (χ1v) is 4.59. The first-order chi connectivity index (χ1) is 6.74. The molecule has 0 unspecified atom stereocenters. The molecule has 0 aliphatic carbocycles. The Morgan fingerprint density at radius 3 is 2.50 bits per heavy atom. The van der Waals surface area contributed by atoms with Gasteiger partial charge in [-0.05, 0) is 0 Å². The Balaban J connectivity index is 3.13. The van der Waals surface area contributed by atoms with Crippen LogP contribution in [0.25, 0.3) is 0 Å². The van der Waals surface area contributed by atoms with E-state index in [1.54, 1.807) is 0 Å². The highest BCUT2D eigenvalue weighted by Gasteiger charge is 2.00. The average Bonchev–Trinajstić information content (AvgIpc) is 2.18. The molecule has 1 aromatic rings. The zero-order valence-electron chi connectivity index (χ0n) is 7.14. The van der Waals surface area contributed by atoms with Crippen molar-refractivity contribution in [3.8, 4) is 0 Å². The van der Waals surface area contributed by atoms with Gasteiger partial charge >= 0.3 is 0 Å². The van der Waals surface area contributed by atoms with E-state index in [0.29, 0.717) is 5.84 Å². The van der Waals surface area contributed by atoms with Crippen molar-refractivity contribution in [2.75, 3.05) is 0 Å². The fourth-order valence-corrected chi connectivity index (χ4v) is 1.07. The van der Waals surface area contributed by atoms with Gasteiger partial charge in [-0.25, -0.2) is 10.4 Å². The Hall–Kier alpha value is -1.29. The lowest BCUT2D eigenvalue weighted by molar-refractivity contribution is 1.50. The zero-order chi connectivity index (χ0) is 10.4. The van der Waals surface area contributed by atoms with E-state index < -0.39 is 0 Å². The minimum Gasteiger partial charge on any atom is -0.241 e. The van der Waals surface area contributed by atoms with E-state index in [4.69, 9.17) is 17.6 Å². The number of thiocarbonyl (C=S) groups is 1. The second kappa shape index (κ2) is 5.44. The van der Waals surface area contributed by atoms with Crippen molar-refractivity contribution in [3.05, 3.63) is 35.9 Å². The van der Waals surface area contributed by atoms with Crippen LogP contribution in [0.2, 0.25) is 0 Å². The van der Waals surface area contributed by atoms with E-state index in [1.165, 1.54) is 0 Å². The van der Waals surface area contributed by atoms with Gasteiger partial charge in [0.15, 0.2) is 10.2 Å². The molecule has 0 saturated carbocycles. The van der Waals surface area contributed by atoms with Gasteiger partial charge in [0.2, 0.25) is 0 Å².